The number of nitriles is 1. The molecule has 3 aromatic carbocycles. The van der Waals surface area contributed by atoms with Crippen molar-refractivity contribution in [2.24, 2.45) is 5.10 Å². The number of benzene rings is 3. The molecule has 0 fully saturated rings. The molecule has 0 saturated carbocycles. The summed E-state index contributed by atoms with van der Waals surface area (Å²) in [7, 11) is 0. The molecule has 3 aromatic rings. The van der Waals surface area contributed by atoms with Gasteiger partial charge in [-0.3, -0.25) is 4.79 Å². The number of amides is 1. The fourth-order valence-corrected chi connectivity index (χ4v) is 3.33. The Labute approximate surface area is 203 Å². The summed E-state index contributed by atoms with van der Waals surface area (Å²) in [5.74, 6) is -0.746. The van der Waals surface area contributed by atoms with Crippen LogP contribution in [-0.4, -0.2) is 18.7 Å². The molecule has 0 aliphatic heterocycles. The van der Waals surface area contributed by atoms with Crippen molar-refractivity contribution in [2.45, 2.75) is 13.5 Å². The van der Waals surface area contributed by atoms with E-state index < -0.39 is 11.7 Å². The lowest BCUT2D eigenvalue weighted by molar-refractivity contribution is 0.0951. The van der Waals surface area contributed by atoms with Crippen LogP contribution in [0.1, 0.15) is 34.0 Å². The lowest BCUT2D eigenvalue weighted by Crippen LogP contribution is -2.19. The number of hydrogen-bond acceptors (Lipinski definition) is 5. The van der Waals surface area contributed by atoms with E-state index in [0.717, 1.165) is 16.1 Å². The Morgan fingerprint density at radius 2 is 1.97 bits per heavy atom. The van der Waals surface area contributed by atoms with Crippen LogP contribution in [0.15, 0.2) is 64.2 Å². The number of carbonyl (C=O) groups is 1. The van der Waals surface area contributed by atoms with E-state index in [0.29, 0.717) is 35.3 Å². The minimum absolute atomic E-state index is 0.119. The predicted molar refractivity (Wildman–Crippen MR) is 127 cm³/mol. The number of rotatable bonds is 8. The number of carbonyl (C=O) groups excluding carboxylic acids is 1. The second kappa shape index (κ2) is 11.5. The second-order valence-electron chi connectivity index (χ2n) is 6.68. The highest BCUT2D eigenvalue weighted by atomic mass is 79.9. The van der Waals surface area contributed by atoms with E-state index in [2.05, 4.69) is 26.5 Å². The molecule has 9 heteroatoms. The summed E-state index contributed by atoms with van der Waals surface area (Å²) in [6.07, 6.45) is 1.35. The quantitative estimate of drug-likeness (QED) is 0.292. The zero-order valence-corrected chi connectivity index (χ0v) is 19.8. The fraction of sp³-hybridized carbons (Fsp3) is 0.125. The average molecular weight is 531 g/mol. The Morgan fingerprint density at radius 3 is 2.64 bits per heavy atom. The van der Waals surface area contributed by atoms with Crippen molar-refractivity contribution >= 4 is 39.7 Å². The van der Waals surface area contributed by atoms with Gasteiger partial charge in [0.15, 0.2) is 11.5 Å². The molecule has 0 spiro atoms. The molecule has 0 heterocycles. The van der Waals surface area contributed by atoms with E-state index in [-0.39, 0.29) is 11.1 Å². The van der Waals surface area contributed by atoms with E-state index in [4.69, 9.17) is 26.3 Å². The molecular formula is C24H18BrClFN3O3. The zero-order chi connectivity index (χ0) is 23.8. The van der Waals surface area contributed by atoms with Gasteiger partial charge in [0.2, 0.25) is 0 Å². The highest BCUT2D eigenvalue weighted by molar-refractivity contribution is 9.10. The monoisotopic (exact) mass is 529 g/mol. The third-order valence-corrected chi connectivity index (χ3v) is 5.16. The van der Waals surface area contributed by atoms with Crippen LogP contribution >= 0.6 is 27.5 Å². The van der Waals surface area contributed by atoms with Gasteiger partial charge in [-0.2, -0.15) is 10.4 Å². The normalized spacial score (nSPS) is 10.6. The fourth-order valence-electron chi connectivity index (χ4n) is 2.80. The van der Waals surface area contributed by atoms with Crippen LogP contribution in [0.25, 0.3) is 0 Å². The van der Waals surface area contributed by atoms with Gasteiger partial charge in [-0.15, -0.1) is 0 Å². The summed E-state index contributed by atoms with van der Waals surface area (Å²) in [6.45, 7) is 2.52. The third kappa shape index (κ3) is 6.54. The highest BCUT2D eigenvalue weighted by Gasteiger charge is 2.14. The van der Waals surface area contributed by atoms with E-state index in [1.807, 2.05) is 31.2 Å². The Kier molecular flexibility index (Phi) is 8.41. The van der Waals surface area contributed by atoms with Crippen LogP contribution in [0.3, 0.4) is 0 Å². The molecule has 0 radical (unpaired) electrons. The van der Waals surface area contributed by atoms with Gasteiger partial charge in [-0.05, 0) is 60.5 Å². The van der Waals surface area contributed by atoms with Gasteiger partial charge >= 0.3 is 0 Å². The van der Waals surface area contributed by atoms with Gasteiger partial charge in [0.05, 0.1) is 35.0 Å². The average Bonchev–Trinajstić information content (AvgIpc) is 2.79. The van der Waals surface area contributed by atoms with Crippen molar-refractivity contribution in [3.8, 4) is 17.6 Å². The minimum Gasteiger partial charge on any atom is -0.490 e. The molecule has 0 aliphatic carbocycles. The third-order valence-electron chi connectivity index (χ3n) is 4.35. The van der Waals surface area contributed by atoms with E-state index >= 15 is 0 Å². The Hall–Kier alpha value is -3.41. The molecule has 0 unspecified atom stereocenters. The first-order valence-corrected chi connectivity index (χ1v) is 10.9. The number of hydrogen-bond donors (Lipinski definition) is 1. The summed E-state index contributed by atoms with van der Waals surface area (Å²) < 4.78 is 26.5. The van der Waals surface area contributed by atoms with E-state index in [1.165, 1.54) is 18.3 Å². The van der Waals surface area contributed by atoms with Gasteiger partial charge in [0, 0.05) is 4.47 Å². The molecule has 0 atom stereocenters. The number of hydrazone groups is 1. The molecule has 0 saturated heterocycles. The molecular weight excluding hydrogens is 513 g/mol. The van der Waals surface area contributed by atoms with Crippen LogP contribution in [0.4, 0.5) is 4.39 Å². The first-order chi connectivity index (χ1) is 15.9. The topological polar surface area (TPSA) is 83.7 Å². The molecule has 1 amide bonds. The van der Waals surface area contributed by atoms with Gasteiger partial charge in [-0.25, -0.2) is 9.82 Å². The second-order valence-corrected chi connectivity index (χ2v) is 8.01. The summed E-state index contributed by atoms with van der Waals surface area (Å²) in [5.41, 5.74) is 3.64. The maximum atomic E-state index is 14.0. The molecule has 6 nitrogen and oxygen atoms in total. The molecule has 168 valence electrons. The van der Waals surface area contributed by atoms with Crippen LogP contribution in [0.2, 0.25) is 5.02 Å². The lowest BCUT2D eigenvalue weighted by atomic mass is 10.1. The van der Waals surface area contributed by atoms with E-state index in [1.54, 1.807) is 18.2 Å². The van der Waals surface area contributed by atoms with Crippen molar-refractivity contribution in [1.29, 1.82) is 5.26 Å². The standard InChI is InChI=1S/C24H18BrClFN3O3/c1-2-32-22-11-17(9-20(26)23(22)33-14-15-3-6-18(25)7-4-15)13-29-30-24(31)19-8-5-16(12-28)10-21(19)27/h3-11,13H,2,14H2,1H3,(H,30,31)/b29-13-. The summed E-state index contributed by atoms with van der Waals surface area (Å²) in [4.78, 5) is 12.2. The predicted octanol–water partition coefficient (Wildman–Crippen LogP) is 5.85. The van der Waals surface area contributed by atoms with Crippen LogP contribution in [-0.2, 0) is 6.61 Å². The zero-order valence-electron chi connectivity index (χ0n) is 17.4. The summed E-state index contributed by atoms with van der Waals surface area (Å²) >= 11 is 9.81. The van der Waals surface area contributed by atoms with Crippen molar-refractivity contribution in [3.63, 3.8) is 0 Å². The number of nitrogens with one attached hydrogen (secondary N) is 1. The lowest BCUT2D eigenvalue weighted by Gasteiger charge is -2.14. The number of ether oxygens (including phenoxy) is 2. The Balaban J connectivity index is 1.72. The Bertz CT molecular complexity index is 1230. The highest BCUT2D eigenvalue weighted by Crippen LogP contribution is 2.37. The van der Waals surface area contributed by atoms with Gasteiger partial charge in [-0.1, -0.05) is 39.7 Å². The minimum atomic E-state index is -0.810. The maximum Gasteiger partial charge on any atom is 0.274 e. The van der Waals surface area contributed by atoms with Crippen LogP contribution < -0.4 is 14.9 Å². The first-order valence-electron chi connectivity index (χ1n) is 9.78. The molecule has 3 rings (SSSR count). The van der Waals surface area contributed by atoms with Crippen LogP contribution in [0, 0.1) is 17.1 Å². The molecule has 1 N–H and O–H groups in total. The molecule has 33 heavy (non-hydrogen) atoms. The number of nitrogens with zero attached hydrogens (tertiary/aromatic N) is 2. The van der Waals surface area contributed by atoms with Crippen molar-refractivity contribution in [3.05, 3.63) is 92.2 Å². The smallest absolute Gasteiger partial charge is 0.274 e. The van der Waals surface area contributed by atoms with Gasteiger partial charge in [0.25, 0.3) is 5.91 Å². The summed E-state index contributed by atoms with van der Waals surface area (Å²) in [6, 6.07) is 16.3. The van der Waals surface area contributed by atoms with Crippen molar-refractivity contribution in [1.82, 2.24) is 5.43 Å². The molecule has 0 aromatic heterocycles. The molecule has 0 aliphatic rings. The van der Waals surface area contributed by atoms with E-state index in [9.17, 15) is 9.18 Å². The van der Waals surface area contributed by atoms with Gasteiger partial charge in [0.1, 0.15) is 12.4 Å². The SMILES string of the molecule is CCOc1cc(/C=N\NC(=O)c2ccc(C#N)cc2F)cc(Cl)c1OCc1ccc(Br)cc1. The first kappa shape index (κ1) is 24.2. The Morgan fingerprint density at radius 1 is 1.21 bits per heavy atom. The largest absolute Gasteiger partial charge is 0.490 e. The summed E-state index contributed by atoms with van der Waals surface area (Å²) in [5, 5.41) is 13.0. The van der Waals surface area contributed by atoms with Gasteiger partial charge < -0.3 is 9.47 Å². The van der Waals surface area contributed by atoms with Crippen molar-refractivity contribution in [2.75, 3.05) is 6.61 Å². The number of halogens is 3. The van der Waals surface area contributed by atoms with Crippen molar-refractivity contribution < 1.29 is 18.7 Å². The van der Waals surface area contributed by atoms with Crippen LogP contribution in [0.5, 0.6) is 11.5 Å². The maximum absolute atomic E-state index is 14.0. The molecule has 0 bridgehead atoms.